The van der Waals surface area contributed by atoms with E-state index in [0.717, 1.165) is 58.1 Å². The zero-order chi connectivity index (χ0) is 26.5. The number of rotatable bonds is 14. The number of nitrogen functional groups attached to an aromatic ring is 1. The fourth-order valence-electron chi connectivity index (χ4n) is 3.68. The van der Waals surface area contributed by atoms with E-state index in [2.05, 4.69) is 26.0 Å². The highest BCUT2D eigenvalue weighted by Gasteiger charge is 2.28. The van der Waals surface area contributed by atoms with E-state index in [4.69, 9.17) is 15.2 Å². The molecule has 5 nitrogen and oxygen atoms in total. The number of para-hydroxylation sites is 1. The molecule has 0 unspecified atom stereocenters. The first-order valence-corrected chi connectivity index (χ1v) is 14.3. The lowest BCUT2D eigenvalue weighted by atomic mass is 10.1. The maximum Gasteiger partial charge on any atom is 0.153 e. The van der Waals surface area contributed by atoms with Crippen molar-refractivity contribution >= 4 is 29.2 Å². The number of hydrogen-bond donors (Lipinski definition) is 1. The number of ether oxygens (including phenoxy) is 2. The molecular formula is C30H33N3O2S2. The average molecular weight is 532 g/mol. The van der Waals surface area contributed by atoms with Gasteiger partial charge in [-0.25, -0.2) is 0 Å². The Morgan fingerprint density at radius 3 is 1.73 bits per heavy atom. The molecule has 0 atom stereocenters. The molecule has 37 heavy (non-hydrogen) atoms. The summed E-state index contributed by atoms with van der Waals surface area (Å²) >= 11 is 2.95. The predicted octanol–water partition coefficient (Wildman–Crippen LogP) is 8.45. The number of nitrogens with two attached hydrogens (primary N) is 1. The average Bonchev–Trinajstić information content (AvgIpc) is 2.92. The van der Waals surface area contributed by atoms with Crippen molar-refractivity contribution in [2.75, 3.05) is 18.9 Å². The fourth-order valence-corrected chi connectivity index (χ4v) is 5.89. The molecule has 0 radical (unpaired) electrons. The van der Waals surface area contributed by atoms with Crippen molar-refractivity contribution in [1.29, 1.82) is 10.5 Å². The van der Waals surface area contributed by atoms with Gasteiger partial charge in [0.1, 0.15) is 23.3 Å². The molecular weight excluding hydrogens is 498 g/mol. The largest absolute Gasteiger partial charge is 0.491 e. The standard InChI is InChI=1S/C30H33N3O2S2/c1-3-5-12-18-34-27-23(20-31)24(21-32)28(35-19-13-6-4-2)30(37-26-17-11-10-16-25(26)33)29(27)36-22-14-8-7-9-15-22/h7-11,14-17H,3-6,12-13,18-19,33H2,1-2H3. The number of anilines is 1. The molecule has 192 valence electrons. The minimum absolute atomic E-state index is 0.207. The van der Waals surface area contributed by atoms with E-state index in [1.165, 1.54) is 23.5 Å². The molecule has 0 amide bonds. The Balaban J connectivity index is 2.25. The highest BCUT2D eigenvalue weighted by molar-refractivity contribution is 8.02. The van der Waals surface area contributed by atoms with Crippen LogP contribution in [0.4, 0.5) is 5.69 Å². The van der Waals surface area contributed by atoms with Crippen molar-refractivity contribution in [3.8, 4) is 23.6 Å². The molecule has 0 fully saturated rings. The van der Waals surface area contributed by atoms with Gasteiger partial charge in [0.05, 0.1) is 23.0 Å². The van der Waals surface area contributed by atoms with E-state index < -0.39 is 0 Å². The second-order valence-corrected chi connectivity index (χ2v) is 10.6. The van der Waals surface area contributed by atoms with Gasteiger partial charge in [-0.15, -0.1) is 0 Å². The lowest BCUT2D eigenvalue weighted by Crippen LogP contribution is -2.08. The van der Waals surface area contributed by atoms with E-state index in [9.17, 15) is 10.5 Å². The minimum Gasteiger partial charge on any atom is -0.491 e. The van der Waals surface area contributed by atoms with Gasteiger partial charge in [0.25, 0.3) is 0 Å². The van der Waals surface area contributed by atoms with Crippen molar-refractivity contribution in [2.24, 2.45) is 0 Å². The summed E-state index contributed by atoms with van der Waals surface area (Å²) in [5.74, 6) is 0.852. The van der Waals surface area contributed by atoms with Crippen LogP contribution in [0.25, 0.3) is 0 Å². The Labute approximate surface area is 229 Å². The molecule has 3 aromatic carbocycles. The highest BCUT2D eigenvalue weighted by Crippen LogP contribution is 2.52. The van der Waals surface area contributed by atoms with Crippen LogP contribution in [0.1, 0.15) is 63.5 Å². The number of nitrogens with zero attached hydrogens (tertiary/aromatic N) is 2. The third-order valence-corrected chi connectivity index (χ3v) is 8.05. The van der Waals surface area contributed by atoms with Crippen LogP contribution in [0.3, 0.4) is 0 Å². The van der Waals surface area contributed by atoms with Crippen LogP contribution in [0.5, 0.6) is 11.5 Å². The van der Waals surface area contributed by atoms with Crippen LogP contribution in [0, 0.1) is 22.7 Å². The molecule has 2 N–H and O–H groups in total. The van der Waals surface area contributed by atoms with Gasteiger partial charge in [0.15, 0.2) is 11.5 Å². The SMILES string of the molecule is CCCCCOc1c(C#N)c(C#N)c(OCCCCC)c(Sc2ccccc2N)c1Sc1ccccc1. The number of unbranched alkanes of at least 4 members (excludes halogenated alkanes) is 4. The maximum atomic E-state index is 10.2. The molecule has 0 saturated heterocycles. The molecule has 0 spiro atoms. The summed E-state index contributed by atoms with van der Waals surface area (Å²) in [7, 11) is 0. The molecule has 0 aliphatic carbocycles. The Bertz CT molecular complexity index is 1250. The van der Waals surface area contributed by atoms with Gasteiger partial charge in [-0.3, -0.25) is 0 Å². The first kappa shape index (κ1) is 28.3. The summed E-state index contributed by atoms with van der Waals surface area (Å²) in [6, 6.07) is 22.1. The van der Waals surface area contributed by atoms with E-state index in [-0.39, 0.29) is 11.1 Å². The second kappa shape index (κ2) is 15.1. The van der Waals surface area contributed by atoms with Crippen molar-refractivity contribution in [3.05, 3.63) is 65.7 Å². The summed E-state index contributed by atoms with van der Waals surface area (Å²) in [5, 5.41) is 20.4. The number of nitriles is 2. The molecule has 3 aromatic rings. The van der Waals surface area contributed by atoms with Crippen LogP contribution in [-0.2, 0) is 0 Å². The molecule has 0 aliphatic rings. The molecule has 0 aromatic heterocycles. The summed E-state index contributed by atoms with van der Waals surface area (Å²) < 4.78 is 12.6. The van der Waals surface area contributed by atoms with Gasteiger partial charge in [-0.2, -0.15) is 10.5 Å². The molecule has 0 aliphatic heterocycles. The van der Waals surface area contributed by atoms with Gasteiger partial charge >= 0.3 is 0 Å². The third-order valence-electron chi connectivity index (χ3n) is 5.63. The zero-order valence-electron chi connectivity index (χ0n) is 21.5. The Kier molecular flexibility index (Phi) is 11.6. The first-order chi connectivity index (χ1) is 18.1. The topological polar surface area (TPSA) is 92.1 Å². The van der Waals surface area contributed by atoms with E-state index in [1.54, 1.807) is 0 Å². The molecule has 3 rings (SSSR count). The predicted molar refractivity (Wildman–Crippen MR) is 151 cm³/mol. The van der Waals surface area contributed by atoms with E-state index >= 15 is 0 Å². The van der Waals surface area contributed by atoms with Gasteiger partial charge in [0, 0.05) is 15.5 Å². The van der Waals surface area contributed by atoms with Gasteiger partial charge in [-0.1, -0.05) is 93.4 Å². The van der Waals surface area contributed by atoms with Crippen LogP contribution >= 0.6 is 23.5 Å². The lowest BCUT2D eigenvalue weighted by molar-refractivity contribution is 0.284. The zero-order valence-corrected chi connectivity index (χ0v) is 23.1. The number of hydrogen-bond acceptors (Lipinski definition) is 7. The van der Waals surface area contributed by atoms with Crippen molar-refractivity contribution in [3.63, 3.8) is 0 Å². The molecule has 0 saturated carbocycles. The lowest BCUT2D eigenvalue weighted by Gasteiger charge is -2.22. The Morgan fingerprint density at radius 2 is 1.22 bits per heavy atom. The number of benzene rings is 3. The monoisotopic (exact) mass is 531 g/mol. The van der Waals surface area contributed by atoms with Crippen molar-refractivity contribution in [1.82, 2.24) is 0 Å². The van der Waals surface area contributed by atoms with Gasteiger partial charge < -0.3 is 15.2 Å². The first-order valence-electron chi connectivity index (χ1n) is 12.7. The molecule has 0 bridgehead atoms. The quantitative estimate of drug-likeness (QED) is 0.165. The Morgan fingerprint density at radius 1 is 0.703 bits per heavy atom. The fraction of sp³-hybridized carbons (Fsp3) is 0.333. The molecule has 7 heteroatoms. The van der Waals surface area contributed by atoms with Crippen molar-refractivity contribution in [2.45, 2.75) is 72.0 Å². The van der Waals surface area contributed by atoms with Crippen LogP contribution in [0.15, 0.2) is 74.2 Å². The summed E-state index contributed by atoms with van der Waals surface area (Å²) in [6.45, 7) is 5.18. The maximum absolute atomic E-state index is 10.2. The summed E-state index contributed by atoms with van der Waals surface area (Å²) in [5.41, 5.74) is 7.38. The summed E-state index contributed by atoms with van der Waals surface area (Å²) in [6.07, 6.45) is 5.88. The smallest absolute Gasteiger partial charge is 0.153 e. The summed E-state index contributed by atoms with van der Waals surface area (Å²) in [4.78, 5) is 3.34. The normalized spacial score (nSPS) is 10.5. The highest BCUT2D eigenvalue weighted by atomic mass is 32.2. The van der Waals surface area contributed by atoms with Crippen LogP contribution in [-0.4, -0.2) is 13.2 Å². The van der Waals surface area contributed by atoms with Gasteiger partial charge in [-0.05, 0) is 37.1 Å². The van der Waals surface area contributed by atoms with E-state index in [0.29, 0.717) is 30.4 Å². The van der Waals surface area contributed by atoms with Crippen molar-refractivity contribution < 1.29 is 9.47 Å². The second-order valence-electron chi connectivity index (χ2n) is 8.46. The molecule has 0 heterocycles. The minimum atomic E-state index is 0.207. The Hall–Kier alpha value is -3.26. The van der Waals surface area contributed by atoms with Crippen LogP contribution in [0.2, 0.25) is 0 Å². The third kappa shape index (κ3) is 7.61. The van der Waals surface area contributed by atoms with Gasteiger partial charge in [0.2, 0.25) is 0 Å². The van der Waals surface area contributed by atoms with Crippen LogP contribution < -0.4 is 15.2 Å². The van der Waals surface area contributed by atoms with E-state index in [1.807, 2.05) is 54.6 Å².